The van der Waals surface area contributed by atoms with E-state index in [-0.39, 0.29) is 5.91 Å². The van der Waals surface area contributed by atoms with Crippen LogP contribution in [0.2, 0.25) is 5.02 Å². The molecule has 19 heavy (non-hydrogen) atoms. The lowest BCUT2D eigenvalue weighted by Gasteiger charge is -2.04. The minimum absolute atomic E-state index is 0.00287. The van der Waals surface area contributed by atoms with Gasteiger partial charge in [0.05, 0.1) is 0 Å². The Balaban J connectivity index is 1.74. The van der Waals surface area contributed by atoms with E-state index in [0.717, 1.165) is 21.5 Å². The summed E-state index contributed by atoms with van der Waals surface area (Å²) in [5, 5.41) is 5.50. The fourth-order valence-corrected chi connectivity index (χ4v) is 3.37. The molecule has 0 aliphatic rings. The average Bonchev–Trinajstić information content (AvgIpc) is 2.78. The highest BCUT2D eigenvalue weighted by atomic mass is 35.5. The Kier molecular flexibility index (Phi) is 5.24. The van der Waals surface area contributed by atoms with Crippen molar-refractivity contribution in [2.75, 3.05) is 11.1 Å². The number of amides is 1. The molecule has 0 radical (unpaired) electrons. The van der Waals surface area contributed by atoms with Crippen LogP contribution in [0, 0.1) is 6.92 Å². The normalized spacial score (nSPS) is 10.4. The monoisotopic (exact) mass is 312 g/mol. The molecule has 0 fully saturated rings. The molecule has 0 saturated carbocycles. The summed E-state index contributed by atoms with van der Waals surface area (Å²) in [5.74, 6) is 0.731. The molecule has 0 unspecified atom stereocenters. The van der Waals surface area contributed by atoms with Crippen molar-refractivity contribution in [1.82, 2.24) is 4.98 Å². The number of aromatic nitrogens is 1. The molecule has 2 aromatic rings. The largest absolute Gasteiger partial charge is 0.326 e. The van der Waals surface area contributed by atoms with Crippen molar-refractivity contribution in [3.63, 3.8) is 0 Å². The average molecular weight is 313 g/mol. The molecule has 2 rings (SSSR count). The van der Waals surface area contributed by atoms with Crippen molar-refractivity contribution in [2.24, 2.45) is 0 Å². The van der Waals surface area contributed by atoms with E-state index in [1.807, 2.05) is 12.3 Å². The molecule has 0 saturated heterocycles. The number of carbonyl (C=O) groups excluding carboxylic acids is 1. The van der Waals surface area contributed by atoms with Gasteiger partial charge in [0.1, 0.15) is 4.34 Å². The second kappa shape index (κ2) is 6.93. The summed E-state index contributed by atoms with van der Waals surface area (Å²) >= 11 is 9.00. The number of thioether (sulfide) groups is 1. The number of anilines is 1. The van der Waals surface area contributed by atoms with E-state index in [1.54, 1.807) is 47.4 Å². The molecule has 1 aromatic heterocycles. The Morgan fingerprint density at radius 1 is 1.42 bits per heavy atom. The van der Waals surface area contributed by atoms with E-state index in [0.29, 0.717) is 11.4 Å². The molecule has 1 heterocycles. The Morgan fingerprint density at radius 2 is 2.16 bits per heavy atom. The summed E-state index contributed by atoms with van der Waals surface area (Å²) in [5.41, 5.74) is 1.79. The number of nitrogens with zero attached hydrogens (tertiary/aromatic N) is 1. The van der Waals surface area contributed by atoms with Crippen molar-refractivity contribution >= 4 is 46.3 Å². The smallest absolute Gasteiger partial charge is 0.225 e. The van der Waals surface area contributed by atoms with Gasteiger partial charge >= 0.3 is 0 Å². The predicted molar refractivity (Wildman–Crippen MR) is 82.3 cm³/mol. The molecule has 100 valence electrons. The minimum Gasteiger partial charge on any atom is -0.326 e. The quantitative estimate of drug-likeness (QED) is 0.840. The number of carbonyl (C=O) groups is 1. The standard InChI is InChI=1S/C13H13ClN2OS2/c1-9-8-19-13(15-9)18-7-6-12(17)16-11-4-2-10(14)3-5-11/h2-5,8H,6-7H2,1H3,(H,16,17). The molecule has 1 amide bonds. The van der Waals surface area contributed by atoms with Crippen molar-refractivity contribution in [3.8, 4) is 0 Å². The summed E-state index contributed by atoms with van der Waals surface area (Å²) < 4.78 is 1.01. The number of hydrogen-bond donors (Lipinski definition) is 1. The van der Waals surface area contributed by atoms with Crippen molar-refractivity contribution in [3.05, 3.63) is 40.4 Å². The number of nitrogens with one attached hydrogen (secondary N) is 1. The van der Waals surface area contributed by atoms with Gasteiger partial charge in [0.15, 0.2) is 0 Å². The van der Waals surface area contributed by atoms with Crippen LogP contribution in [-0.4, -0.2) is 16.6 Å². The Bertz CT molecular complexity index is 554. The molecule has 0 aliphatic heterocycles. The van der Waals surface area contributed by atoms with Crippen molar-refractivity contribution < 1.29 is 4.79 Å². The van der Waals surface area contributed by atoms with Gasteiger partial charge in [0.25, 0.3) is 0 Å². The number of rotatable bonds is 5. The van der Waals surface area contributed by atoms with Crippen LogP contribution in [0.15, 0.2) is 34.0 Å². The maximum atomic E-state index is 11.7. The zero-order chi connectivity index (χ0) is 13.7. The Morgan fingerprint density at radius 3 is 2.79 bits per heavy atom. The Hall–Kier alpha value is -1.04. The third-order valence-corrected chi connectivity index (χ3v) is 4.67. The van der Waals surface area contributed by atoms with Crippen LogP contribution < -0.4 is 5.32 Å². The number of halogens is 1. The maximum Gasteiger partial charge on any atom is 0.225 e. The highest BCUT2D eigenvalue weighted by Crippen LogP contribution is 2.23. The van der Waals surface area contributed by atoms with E-state index in [9.17, 15) is 4.79 Å². The lowest BCUT2D eigenvalue weighted by Crippen LogP contribution is -2.11. The molecular weight excluding hydrogens is 300 g/mol. The van der Waals surface area contributed by atoms with Gasteiger partial charge in [-0.2, -0.15) is 0 Å². The molecule has 3 nitrogen and oxygen atoms in total. The molecule has 1 N–H and O–H groups in total. The van der Waals surface area contributed by atoms with Crippen molar-refractivity contribution in [1.29, 1.82) is 0 Å². The minimum atomic E-state index is 0.00287. The highest BCUT2D eigenvalue weighted by molar-refractivity contribution is 8.01. The van der Waals surface area contributed by atoms with E-state index < -0.39 is 0 Å². The first-order valence-electron chi connectivity index (χ1n) is 5.74. The first-order valence-corrected chi connectivity index (χ1v) is 7.98. The van der Waals surface area contributed by atoms with E-state index in [1.165, 1.54) is 0 Å². The van der Waals surface area contributed by atoms with Crippen LogP contribution >= 0.6 is 34.7 Å². The van der Waals surface area contributed by atoms with Gasteiger partial charge < -0.3 is 5.32 Å². The summed E-state index contributed by atoms with van der Waals surface area (Å²) in [6.45, 7) is 1.97. The predicted octanol–water partition coefficient (Wildman–Crippen LogP) is 4.23. The SMILES string of the molecule is Cc1csc(SCCC(=O)Nc2ccc(Cl)cc2)n1. The second-order valence-corrected chi connectivity index (χ2v) is 6.54. The van der Waals surface area contributed by atoms with Gasteiger partial charge in [-0.05, 0) is 31.2 Å². The van der Waals surface area contributed by atoms with E-state index in [2.05, 4.69) is 10.3 Å². The molecule has 0 aliphatic carbocycles. The van der Waals surface area contributed by atoms with Gasteiger partial charge in [-0.3, -0.25) is 4.79 Å². The summed E-state index contributed by atoms with van der Waals surface area (Å²) in [4.78, 5) is 16.1. The molecule has 0 bridgehead atoms. The first-order chi connectivity index (χ1) is 9.13. The van der Waals surface area contributed by atoms with Gasteiger partial charge in [-0.1, -0.05) is 23.4 Å². The molecule has 1 aromatic carbocycles. The van der Waals surface area contributed by atoms with Gasteiger partial charge in [-0.15, -0.1) is 11.3 Å². The van der Waals surface area contributed by atoms with Gasteiger partial charge in [0, 0.05) is 34.0 Å². The highest BCUT2D eigenvalue weighted by Gasteiger charge is 2.04. The third-order valence-electron chi connectivity index (χ3n) is 2.28. The molecule has 0 atom stereocenters. The lowest BCUT2D eigenvalue weighted by molar-refractivity contribution is -0.115. The van der Waals surface area contributed by atoms with Gasteiger partial charge in [0.2, 0.25) is 5.91 Å². The Labute approximate surface area is 125 Å². The molecule has 6 heteroatoms. The van der Waals surface area contributed by atoms with E-state index in [4.69, 9.17) is 11.6 Å². The fraction of sp³-hybridized carbons (Fsp3) is 0.231. The van der Waals surface area contributed by atoms with Crippen LogP contribution in [-0.2, 0) is 4.79 Å². The number of thiazole rings is 1. The third kappa shape index (κ3) is 4.86. The fourth-order valence-electron chi connectivity index (χ4n) is 1.39. The number of hydrogen-bond acceptors (Lipinski definition) is 4. The van der Waals surface area contributed by atoms with Gasteiger partial charge in [-0.25, -0.2) is 4.98 Å². The van der Waals surface area contributed by atoms with Crippen LogP contribution in [0.1, 0.15) is 12.1 Å². The maximum absolute atomic E-state index is 11.7. The van der Waals surface area contributed by atoms with Crippen LogP contribution in [0.4, 0.5) is 5.69 Å². The first kappa shape index (κ1) is 14.4. The van der Waals surface area contributed by atoms with Crippen molar-refractivity contribution in [2.45, 2.75) is 17.7 Å². The zero-order valence-electron chi connectivity index (χ0n) is 10.4. The molecule has 0 spiro atoms. The van der Waals surface area contributed by atoms with E-state index >= 15 is 0 Å². The molecular formula is C13H13ClN2OS2. The zero-order valence-corrected chi connectivity index (χ0v) is 12.7. The number of aryl methyl sites for hydroxylation is 1. The summed E-state index contributed by atoms with van der Waals surface area (Å²) in [6, 6.07) is 7.09. The topological polar surface area (TPSA) is 42.0 Å². The second-order valence-electron chi connectivity index (χ2n) is 3.91. The number of benzene rings is 1. The summed E-state index contributed by atoms with van der Waals surface area (Å²) in [6.07, 6.45) is 0.464. The summed E-state index contributed by atoms with van der Waals surface area (Å²) in [7, 11) is 0. The van der Waals surface area contributed by atoms with Crippen LogP contribution in [0.25, 0.3) is 0 Å². The van der Waals surface area contributed by atoms with Crippen LogP contribution in [0.3, 0.4) is 0 Å². The van der Waals surface area contributed by atoms with Crippen LogP contribution in [0.5, 0.6) is 0 Å². The lowest BCUT2D eigenvalue weighted by atomic mass is 10.3.